The SMILES string of the molecule is CCCC/C=C\CCCCCCCC(=O)O[C@H](COC(=O)CCCCCCCCCCCCCCCCC)COP(=O)([O-])OCC[N+](C)(C)C. The van der Waals surface area contributed by atoms with Crippen LogP contribution < -0.4 is 4.89 Å². The topological polar surface area (TPSA) is 111 Å². The second-order valence-electron chi connectivity index (χ2n) is 15.0. The predicted octanol–water partition coefficient (Wildman–Crippen LogP) is 10.4. The Bertz CT molecular complexity index is 876. The average Bonchev–Trinajstić information content (AvgIpc) is 3.06. The standard InChI is InChI=1S/C40H78NO8P/c1-6-8-10-12-14-16-18-19-20-21-23-24-26-28-30-32-39(42)46-36-38(37-48-50(44,45)47-35-34-41(3,4)5)49-40(43)33-31-29-27-25-22-17-15-13-11-9-7-2/h13,15,38H,6-12,14,16-37H2,1-5H3/b15-13-/t38-/m1/s1. The Labute approximate surface area is 307 Å². The van der Waals surface area contributed by atoms with Crippen LogP contribution >= 0.6 is 7.82 Å². The van der Waals surface area contributed by atoms with Crippen LogP contribution in [0.3, 0.4) is 0 Å². The van der Waals surface area contributed by atoms with Gasteiger partial charge in [0.05, 0.1) is 27.7 Å². The lowest BCUT2D eigenvalue weighted by Crippen LogP contribution is -2.37. The van der Waals surface area contributed by atoms with E-state index in [-0.39, 0.29) is 32.0 Å². The number of phosphoric acid groups is 1. The molecule has 0 aromatic carbocycles. The molecular formula is C40H78NO8P. The van der Waals surface area contributed by atoms with Gasteiger partial charge in [0.2, 0.25) is 0 Å². The summed E-state index contributed by atoms with van der Waals surface area (Å²) in [6.07, 6.45) is 32.3. The molecule has 0 N–H and O–H groups in total. The summed E-state index contributed by atoms with van der Waals surface area (Å²) < 4.78 is 33.8. The van der Waals surface area contributed by atoms with Crippen molar-refractivity contribution in [2.45, 2.75) is 187 Å². The fourth-order valence-electron chi connectivity index (χ4n) is 5.52. The fraction of sp³-hybridized carbons (Fsp3) is 0.900. The monoisotopic (exact) mass is 732 g/mol. The second kappa shape index (κ2) is 33.6. The first-order valence-corrected chi connectivity index (χ1v) is 21.9. The highest BCUT2D eigenvalue weighted by Crippen LogP contribution is 2.38. The van der Waals surface area contributed by atoms with Gasteiger partial charge < -0.3 is 27.9 Å². The molecule has 0 rings (SSSR count). The van der Waals surface area contributed by atoms with Gasteiger partial charge in [0.15, 0.2) is 6.10 Å². The number of phosphoric ester groups is 1. The van der Waals surface area contributed by atoms with Gasteiger partial charge in [0.25, 0.3) is 7.82 Å². The summed E-state index contributed by atoms with van der Waals surface area (Å²) in [6, 6.07) is 0. The van der Waals surface area contributed by atoms with E-state index in [9.17, 15) is 19.0 Å². The van der Waals surface area contributed by atoms with E-state index < -0.39 is 26.5 Å². The predicted molar refractivity (Wildman–Crippen MR) is 204 cm³/mol. The van der Waals surface area contributed by atoms with Crippen LogP contribution in [0.25, 0.3) is 0 Å². The number of nitrogens with zero attached hydrogens (tertiary/aromatic N) is 1. The number of unbranched alkanes of at least 4 members (excludes halogenated alkanes) is 21. The second-order valence-corrected chi connectivity index (χ2v) is 16.4. The molecule has 50 heavy (non-hydrogen) atoms. The molecule has 0 aromatic rings. The van der Waals surface area contributed by atoms with Crippen LogP contribution in [-0.4, -0.2) is 70.0 Å². The first-order chi connectivity index (χ1) is 24.0. The highest BCUT2D eigenvalue weighted by molar-refractivity contribution is 7.45. The minimum Gasteiger partial charge on any atom is -0.756 e. The van der Waals surface area contributed by atoms with Crippen LogP contribution in [0.5, 0.6) is 0 Å². The molecule has 1 unspecified atom stereocenters. The molecule has 0 aliphatic carbocycles. The minimum atomic E-state index is -4.61. The Morgan fingerprint density at radius 1 is 0.600 bits per heavy atom. The zero-order chi connectivity index (χ0) is 37.2. The fourth-order valence-corrected chi connectivity index (χ4v) is 6.25. The third-order valence-electron chi connectivity index (χ3n) is 8.79. The molecule has 0 aliphatic rings. The van der Waals surface area contributed by atoms with Crippen molar-refractivity contribution in [3.05, 3.63) is 12.2 Å². The number of hydrogen-bond acceptors (Lipinski definition) is 8. The van der Waals surface area contributed by atoms with Crippen molar-refractivity contribution >= 4 is 19.8 Å². The molecule has 0 fully saturated rings. The van der Waals surface area contributed by atoms with Gasteiger partial charge in [-0.25, -0.2) is 0 Å². The summed E-state index contributed by atoms with van der Waals surface area (Å²) in [4.78, 5) is 37.3. The number of allylic oxidation sites excluding steroid dienone is 2. The summed E-state index contributed by atoms with van der Waals surface area (Å²) in [5.41, 5.74) is 0. The molecular weight excluding hydrogens is 653 g/mol. The smallest absolute Gasteiger partial charge is 0.306 e. The first kappa shape index (κ1) is 48.8. The number of likely N-dealkylation sites (N-methyl/N-ethyl adjacent to an activating group) is 1. The molecule has 0 radical (unpaired) electrons. The number of rotatable bonds is 37. The van der Waals surface area contributed by atoms with Crippen LogP contribution in [-0.2, 0) is 32.7 Å². The van der Waals surface area contributed by atoms with E-state index in [0.29, 0.717) is 17.4 Å². The van der Waals surface area contributed by atoms with Crippen LogP contribution in [0.15, 0.2) is 12.2 Å². The van der Waals surface area contributed by atoms with E-state index in [4.69, 9.17) is 18.5 Å². The number of carbonyl (C=O) groups excluding carboxylic acids is 2. The van der Waals surface area contributed by atoms with Crippen LogP contribution in [0, 0.1) is 0 Å². The maximum atomic E-state index is 12.6. The van der Waals surface area contributed by atoms with Gasteiger partial charge in [-0.3, -0.25) is 14.2 Å². The molecule has 0 spiro atoms. The average molecular weight is 732 g/mol. The van der Waals surface area contributed by atoms with Crippen LogP contribution in [0.4, 0.5) is 0 Å². The maximum Gasteiger partial charge on any atom is 0.306 e. The third kappa shape index (κ3) is 36.5. The Morgan fingerprint density at radius 2 is 1.04 bits per heavy atom. The van der Waals surface area contributed by atoms with Crippen LogP contribution in [0.2, 0.25) is 0 Å². The summed E-state index contributed by atoms with van der Waals surface area (Å²) >= 11 is 0. The number of carbonyl (C=O) groups is 2. The molecule has 0 aromatic heterocycles. The van der Waals surface area contributed by atoms with Crippen molar-refractivity contribution < 1.29 is 42.1 Å². The normalized spacial score (nSPS) is 13.8. The van der Waals surface area contributed by atoms with Crippen molar-refractivity contribution in [1.82, 2.24) is 0 Å². The summed E-state index contributed by atoms with van der Waals surface area (Å²) in [7, 11) is 1.17. The van der Waals surface area contributed by atoms with Gasteiger partial charge in [-0.2, -0.15) is 0 Å². The molecule has 0 heterocycles. The summed E-state index contributed by atoms with van der Waals surface area (Å²) in [5.74, 6) is -0.840. The molecule has 9 nitrogen and oxygen atoms in total. The van der Waals surface area contributed by atoms with E-state index in [1.165, 1.54) is 89.9 Å². The lowest BCUT2D eigenvalue weighted by molar-refractivity contribution is -0.870. The molecule has 296 valence electrons. The molecule has 0 amide bonds. The van der Waals surface area contributed by atoms with Crippen LogP contribution in [0.1, 0.15) is 181 Å². The molecule has 10 heteroatoms. The van der Waals surface area contributed by atoms with Gasteiger partial charge in [-0.15, -0.1) is 0 Å². The van der Waals surface area contributed by atoms with Gasteiger partial charge in [0, 0.05) is 12.8 Å². The molecule has 0 saturated heterocycles. The lowest BCUT2D eigenvalue weighted by Gasteiger charge is -2.28. The number of ether oxygens (including phenoxy) is 2. The summed E-state index contributed by atoms with van der Waals surface area (Å²) in [6.45, 7) is 4.18. The van der Waals surface area contributed by atoms with Crippen molar-refractivity contribution in [3.8, 4) is 0 Å². The third-order valence-corrected chi connectivity index (χ3v) is 9.75. The number of quaternary nitrogens is 1. The van der Waals surface area contributed by atoms with E-state index in [2.05, 4.69) is 26.0 Å². The van der Waals surface area contributed by atoms with Gasteiger partial charge >= 0.3 is 11.9 Å². The summed E-state index contributed by atoms with van der Waals surface area (Å²) in [5, 5.41) is 0. The molecule has 2 atom stereocenters. The zero-order valence-corrected chi connectivity index (χ0v) is 34.0. The highest BCUT2D eigenvalue weighted by atomic mass is 31.2. The van der Waals surface area contributed by atoms with Gasteiger partial charge in [-0.05, 0) is 32.1 Å². The van der Waals surface area contributed by atoms with Gasteiger partial charge in [0.1, 0.15) is 19.8 Å². The van der Waals surface area contributed by atoms with Crippen molar-refractivity contribution in [2.75, 3.05) is 47.5 Å². The highest BCUT2D eigenvalue weighted by Gasteiger charge is 2.21. The quantitative estimate of drug-likeness (QED) is 0.0204. The van der Waals surface area contributed by atoms with E-state index in [0.717, 1.165) is 57.8 Å². The zero-order valence-electron chi connectivity index (χ0n) is 33.1. The van der Waals surface area contributed by atoms with E-state index in [1.54, 1.807) is 0 Å². The van der Waals surface area contributed by atoms with E-state index >= 15 is 0 Å². The minimum absolute atomic E-state index is 0.0296. The van der Waals surface area contributed by atoms with Crippen molar-refractivity contribution in [1.29, 1.82) is 0 Å². The Kier molecular flexibility index (Phi) is 32.7. The Balaban J connectivity index is 4.36. The maximum absolute atomic E-state index is 12.6. The number of hydrogen-bond donors (Lipinski definition) is 0. The first-order valence-electron chi connectivity index (χ1n) is 20.4. The molecule has 0 saturated carbocycles. The molecule has 0 aliphatic heterocycles. The number of esters is 2. The lowest BCUT2D eigenvalue weighted by atomic mass is 10.0. The van der Waals surface area contributed by atoms with Gasteiger partial charge in [-0.1, -0.05) is 148 Å². The van der Waals surface area contributed by atoms with Crippen molar-refractivity contribution in [2.24, 2.45) is 0 Å². The Hall–Kier alpha value is -1.25. The van der Waals surface area contributed by atoms with E-state index in [1.807, 2.05) is 21.1 Å². The molecule has 0 bridgehead atoms. The van der Waals surface area contributed by atoms with Crippen molar-refractivity contribution in [3.63, 3.8) is 0 Å². The largest absolute Gasteiger partial charge is 0.756 e. The Morgan fingerprint density at radius 3 is 1.54 bits per heavy atom.